The van der Waals surface area contributed by atoms with Crippen molar-refractivity contribution in [3.8, 4) is 0 Å². The standard InChI is InChI=1S/C9H10ClN3O/c1-6(14)13-3-2-8-7(5-13)4-11-9(10)12-8/h4H,2-3,5H2,1H3. The Hall–Kier alpha value is -1.16. The fourth-order valence-corrected chi connectivity index (χ4v) is 1.71. The zero-order valence-electron chi connectivity index (χ0n) is 7.83. The minimum atomic E-state index is 0.0885. The Balaban J connectivity index is 2.27. The molecule has 2 heterocycles. The van der Waals surface area contributed by atoms with Crippen molar-refractivity contribution in [2.45, 2.75) is 19.9 Å². The summed E-state index contributed by atoms with van der Waals surface area (Å²) >= 11 is 5.67. The summed E-state index contributed by atoms with van der Waals surface area (Å²) in [5, 5.41) is 0.278. The van der Waals surface area contributed by atoms with Crippen LogP contribution in [0.5, 0.6) is 0 Å². The fourth-order valence-electron chi connectivity index (χ4n) is 1.56. The normalized spacial score (nSPS) is 15.1. The van der Waals surface area contributed by atoms with Gasteiger partial charge in [-0.15, -0.1) is 0 Å². The van der Waals surface area contributed by atoms with E-state index in [0.29, 0.717) is 6.54 Å². The molecule has 0 aliphatic carbocycles. The van der Waals surface area contributed by atoms with Gasteiger partial charge in [0.25, 0.3) is 0 Å². The Morgan fingerprint density at radius 1 is 1.64 bits per heavy atom. The number of carbonyl (C=O) groups is 1. The first-order valence-electron chi connectivity index (χ1n) is 4.42. The number of fused-ring (bicyclic) bond motifs is 1. The van der Waals surface area contributed by atoms with Crippen molar-refractivity contribution < 1.29 is 4.79 Å². The Morgan fingerprint density at radius 2 is 2.43 bits per heavy atom. The van der Waals surface area contributed by atoms with Crippen LogP contribution in [0.25, 0.3) is 0 Å². The van der Waals surface area contributed by atoms with Crippen LogP contribution in [0.1, 0.15) is 18.2 Å². The molecule has 0 unspecified atom stereocenters. The first-order chi connectivity index (χ1) is 6.66. The number of rotatable bonds is 0. The van der Waals surface area contributed by atoms with E-state index in [0.717, 1.165) is 24.2 Å². The van der Waals surface area contributed by atoms with E-state index in [4.69, 9.17) is 11.6 Å². The van der Waals surface area contributed by atoms with Crippen LogP contribution >= 0.6 is 11.6 Å². The molecule has 0 fully saturated rings. The Morgan fingerprint density at radius 3 is 3.14 bits per heavy atom. The number of halogens is 1. The number of hydrogen-bond acceptors (Lipinski definition) is 3. The van der Waals surface area contributed by atoms with Crippen LogP contribution in [0, 0.1) is 0 Å². The lowest BCUT2D eigenvalue weighted by Gasteiger charge is -2.26. The largest absolute Gasteiger partial charge is 0.338 e. The third-order valence-electron chi connectivity index (χ3n) is 2.35. The zero-order chi connectivity index (χ0) is 10.1. The molecule has 0 spiro atoms. The third-order valence-corrected chi connectivity index (χ3v) is 2.53. The molecule has 1 aromatic rings. The SMILES string of the molecule is CC(=O)N1CCc2nc(Cl)ncc2C1. The first kappa shape index (κ1) is 9.40. The molecule has 14 heavy (non-hydrogen) atoms. The van der Waals surface area contributed by atoms with Gasteiger partial charge >= 0.3 is 0 Å². The van der Waals surface area contributed by atoms with E-state index in [9.17, 15) is 4.79 Å². The smallest absolute Gasteiger partial charge is 0.222 e. The summed E-state index contributed by atoms with van der Waals surface area (Å²) in [6.07, 6.45) is 2.46. The van der Waals surface area contributed by atoms with Crippen molar-refractivity contribution >= 4 is 17.5 Å². The van der Waals surface area contributed by atoms with Crippen LogP contribution in [-0.4, -0.2) is 27.3 Å². The maximum Gasteiger partial charge on any atom is 0.222 e. The van der Waals surface area contributed by atoms with Crippen LogP contribution in [0.4, 0.5) is 0 Å². The van der Waals surface area contributed by atoms with Gasteiger partial charge in [-0.3, -0.25) is 4.79 Å². The van der Waals surface area contributed by atoms with E-state index in [1.165, 1.54) is 0 Å². The Bertz CT molecular complexity index is 380. The van der Waals surface area contributed by atoms with Crippen molar-refractivity contribution in [3.05, 3.63) is 22.7 Å². The second-order valence-electron chi connectivity index (χ2n) is 3.30. The van der Waals surface area contributed by atoms with Gasteiger partial charge in [0.15, 0.2) is 0 Å². The molecule has 0 N–H and O–H groups in total. The number of aromatic nitrogens is 2. The molecule has 0 atom stereocenters. The molecule has 5 heteroatoms. The lowest BCUT2D eigenvalue weighted by molar-refractivity contribution is -0.129. The first-order valence-corrected chi connectivity index (χ1v) is 4.80. The molecule has 0 aromatic carbocycles. The van der Waals surface area contributed by atoms with E-state index in [-0.39, 0.29) is 11.2 Å². The van der Waals surface area contributed by atoms with Crippen molar-refractivity contribution in [1.29, 1.82) is 0 Å². The zero-order valence-corrected chi connectivity index (χ0v) is 8.58. The Labute approximate surface area is 86.9 Å². The number of carbonyl (C=O) groups excluding carboxylic acids is 1. The van der Waals surface area contributed by atoms with Crippen LogP contribution < -0.4 is 0 Å². The van der Waals surface area contributed by atoms with Crippen LogP contribution in [0.15, 0.2) is 6.20 Å². The van der Waals surface area contributed by atoms with Gasteiger partial charge in [0, 0.05) is 38.2 Å². The van der Waals surface area contributed by atoms with E-state index in [1.807, 2.05) is 0 Å². The van der Waals surface area contributed by atoms with Gasteiger partial charge in [-0.25, -0.2) is 9.97 Å². The molecule has 0 saturated heterocycles. The maximum atomic E-state index is 11.1. The highest BCUT2D eigenvalue weighted by Crippen LogP contribution is 2.17. The number of hydrogen-bond donors (Lipinski definition) is 0. The van der Waals surface area contributed by atoms with Crippen LogP contribution in [0.2, 0.25) is 5.28 Å². The van der Waals surface area contributed by atoms with Gasteiger partial charge in [-0.2, -0.15) is 0 Å². The summed E-state index contributed by atoms with van der Waals surface area (Å²) in [6.45, 7) is 2.89. The van der Waals surface area contributed by atoms with E-state index < -0.39 is 0 Å². The van der Waals surface area contributed by atoms with E-state index in [1.54, 1.807) is 18.0 Å². The average Bonchev–Trinajstić information content (AvgIpc) is 2.16. The predicted molar refractivity (Wildman–Crippen MR) is 51.8 cm³/mol. The topological polar surface area (TPSA) is 46.1 Å². The van der Waals surface area contributed by atoms with Crippen molar-refractivity contribution in [2.75, 3.05) is 6.54 Å². The van der Waals surface area contributed by atoms with Gasteiger partial charge in [0.05, 0.1) is 5.69 Å². The molecule has 74 valence electrons. The maximum absolute atomic E-state index is 11.1. The van der Waals surface area contributed by atoms with Gasteiger partial charge in [0.1, 0.15) is 0 Å². The fraction of sp³-hybridized carbons (Fsp3) is 0.444. The third kappa shape index (κ3) is 1.70. The highest BCUT2D eigenvalue weighted by Gasteiger charge is 2.19. The lowest BCUT2D eigenvalue weighted by atomic mass is 10.1. The molecular formula is C9H10ClN3O. The van der Waals surface area contributed by atoms with E-state index >= 15 is 0 Å². The quantitative estimate of drug-likeness (QED) is 0.603. The van der Waals surface area contributed by atoms with Gasteiger partial charge in [-0.1, -0.05) is 0 Å². The molecule has 0 radical (unpaired) electrons. The Kier molecular flexibility index (Phi) is 2.37. The molecule has 1 aliphatic heterocycles. The van der Waals surface area contributed by atoms with Crippen LogP contribution in [-0.2, 0) is 17.8 Å². The minimum absolute atomic E-state index is 0.0885. The second kappa shape index (κ2) is 3.53. The van der Waals surface area contributed by atoms with Crippen molar-refractivity contribution in [3.63, 3.8) is 0 Å². The molecule has 1 amide bonds. The van der Waals surface area contributed by atoms with E-state index in [2.05, 4.69) is 9.97 Å². The summed E-state index contributed by atoms with van der Waals surface area (Å²) in [5.74, 6) is 0.0885. The molecule has 1 aromatic heterocycles. The molecule has 0 bridgehead atoms. The minimum Gasteiger partial charge on any atom is -0.338 e. The molecule has 1 aliphatic rings. The summed E-state index contributed by atoms with van der Waals surface area (Å²) in [4.78, 5) is 20.9. The highest BCUT2D eigenvalue weighted by molar-refractivity contribution is 6.28. The number of amides is 1. The molecule has 4 nitrogen and oxygen atoms in total. The van der Waals surface area contributed by atoms with Gasteiger partial charge < -0.3 is 4.90 Å². The highest BCUT2D eigenvalue weighted by atomic mass is 35.5. The monoisotopic (exact) mass is 211 g/mol. The van der Waals surface area contributed by atoms with Gasteiger partial charge in [-0.05, 0) is 11.6 Å². The lowest BCUT2D eigenvalue weighted by Crippen LogP contribution is -2.34. The summed E-state index contributed by atoms with van der Waals surface area (Å²) in [7, 11) is 0. The van der Waals surface area contributed by atoms with Gasteiger partial charge in [0.2, 0.25) is 11.2 Å². The van der Waals surface area contributed by atoms with Crippen molar-refractivity contribution in [2.24, 2.45) is 0 Å². The molecule has 2 rings (SSSR count). The summed E-state index contributed by atoms with van der Waals surface area (Å²) in [6, 6.07) is 0. The molecular weight excluding hydrogens is 202 g/mol. The number of nitrogens with zero attached hydrogens (tertiary/aromatic N) is 3. The van der Waals surface area contributed by atoms with Crippen molar-refractivity contribution in [1.82, 2.24) is 14.9 Å². The average molecular weight is 212 g/mol. The molecule has 0 saturated carbocycles. The predicted octanol–water partition coefficient (Wildman–Crippen LogP) is 1.03. The summed E-state index contributed by atoms with van der Waals surface area (Å²) in [5.41, 5.74) is 1.96. The summed E-state index contributed by atoms with van der Waals surface area (Å²) < 4.78 is 0. The van der Waals surface area contributed by atoms with Crippen LogP contribution in [0.3, 0.4) is 0 Å². The second-order valence-corrected chi connectivity index (χ2v) is 3.64.